The summed E-state index contributed by atoms with van der Waals surface area (Å²) >= 11 is 0. The van der Waals surface area contributed by atoms with Crippen LogP contribution >= 0.6 is 0 Å². The van der Waals surface area contributed by atoms with Crippen LogP contribution in [0.1, 0.15) is 45.2 Å². The van der Waals surface area contributed by atoms with Crippen molar-refractivity contribution in [2.75, 3.05) is 13.1 Å². The van der Waals surface area contributed by atoms with Gasteiger partial charge in [0.15, 0.2) is 11.5 Å². The summed E-state index contributed by atoms with van der Waals surface area (Å²) in [7, 11) is 0. The molecule has 0 N–H and O–H groups in total. The largest absolute Gasteiger partial charge is 0.444 e. The van der Waals surface area contributed by atoms with Crippen molar-refractivity contribution in [3.05, 3.63) is 23.9 Å². The average molecular weight is 321 g/mol. The zero-order chi connectivity index (χ0) is 16.6. The number of nitrogens with zero attached hydrogens (tertiary/aromatic N) is 5. The number of rotatable bonds is 1. The number of carbonyl (C=O) groups excluding carboxylic acids is 1. The third-order valence-corrected chi connectivity index (χ3v) is 3.79. The van der Waals surface area contributed by atoms with E-state index in [-0.39, 0.29) is 17.8 Å². The van der Waals surface area contributed by atoms with Crippen molar-refractivity contribution < 1.29 is 13.9 Å². The molecule has 0 spiro atoms. The highest BCUT2D eigenvalue weighted by atomic mass is 19.1. The van der Waals surface area contributed by atoms with Gasteiger partial charge in [0.1, 0.15) is 17.6 Å². The highest BCUT2D eigenvalue weighted by molar-refractivity contribution is 5.68. The molecule has 0 unspecified atom stereocenters. The number of likely N-dealkylation sites (tertiary alicyclic amines) is 1. The van der Waals surface area contributed by atoms with Gasteiger partial charge in [-0.05, 0) is 33.6 Å². The Kier molecular flexibility index (Phi) is 3.91. The maximum Gasteiger partial charge on any atom is 0.410 e. The molecule has 0 atom stereocenters. The normalized spacial score (nSPS) is 16.8. The molecule has 2 aromatic rings. The number of hydrogen-bond donors (Lipinski definition) is 0. The number of aromatic nitrogens is 4. The molecule has 1 fully saturated rings. The van der Waals surface area contributed by atoms with Crippen molar-refractivity contribution in [2.45, 2.75) is 45.1 Å². The minimum atomic E-state index is -0.514. The third kappa shape index (κ3) is 3.40. The summed E-state index contributed by atoms with van der Waals surface area (Å²) in [4.78, 5) is 17.6. The van der Waals surface area contributed by atoms with Crippen molar-refractivity contribution >= 4 is 11.7 Å². The van der Waals surface area contributed by atoms with Crippen LogP contribution in [0, 0.1) is 5.82 Å². The van der Waals surface area contributed by atoms with Gasteiger partial charge in [0.25, 0.3) is 0 Å². The number of carbonyl (C=O) groups is 1. The van der Waals surface area contributed by atoms with Crippen LogP contribution in [0.5, 0.6) is 0 Å². The lowest BCUT2D eigenvalue weighted by atomic mass is 9.93. The van der Waals surface area contributed by atoms with Crippen LogP contribution in [-0.2, 0) is 4.74 Å². The molecule has 1 aliphatic heterocycles. The smallest absolute Gasteiger partial charge is 0.410 e. The molecular weight excluding hydrogens is 301 g/mol. The number of piperidine rings is 1. The standard InChI is InChI=1S/C15H20FN5O2/c1-15(2,3)23-14(22)20-6-4-10(5-7-20)13-11(16)8-12-17-9-18-21(12)19-13/h8-10H,4-7H2,1-3H3. The molecule has 23 heavy (non-hydrogen) atoms. The van der Waals surface area contributed by atoms with Gasteiger partial charge in [-0.15, -0.1) is 9.73 Å². The van der Waals surface area contributed by atoms with Crippen molar-refractivity contribution in [3.63, 3.8) is 0 Å². The van der Waals surface area contributed by atoms with Crippen LogP contribution in [0.25, 0.3) is 5.65 Å². The fourth-order valence-corrected chi connectivity index (χ4v) is 2.69. The highest BCUT2D eigenvalue weighted by Crippen LogP contribution is 2.29. The molecule has 3 rings (SSSR count). The van der Waals surface area contributed by atoms with Crippen molar-refractivity contribution in [2.24, 2.45) is 0 Å². The van der Waals surface area contributed by atoms with Crippen LogP contribution in [0.4, 0.5) is 9.18 Å². The maximum absolute atomic E-state index is 14.2. The topological polar surface area (TPSA) is 72.6 Å². The molecule has 0 aromatic carbocycles. The zero-order valence-electron chi connectivity index (χ0n) is 13.5. The van der Waals surface area contributed by atoms with Crippen molar-refractivity contribution in [1.29, 1.82) is 0 Å². The Balaban J connectivity index is 1.68. The summed E-state index contributed by atoms with van der Waals surface area (Å²) in [5.41, 5.74) is 0.254. The first-order valence-corrected chi connectivity index (χ1v) is 7.68. The van der Waals surface area contributed by atoms with E-state index in [1.807, 2.05) is 20.8 Å². The highest BCUT2D eigenvalue weighted by Gasteiger charge is 2.29. The van der Waals surface area contributed by atoms with Crippen LogP contribution < -0.4 is 0 Å². The monoisotopic (exact) mass is 321 g/mol. The Morgan fingerprint density at radius 1 is 1.35 bits per heavy atom. The van der Waals surface area contributed by atoms with Crippen LogP contribution in [0.15, 0.2) is 12.4 Å². The Hall–Kier alpha value is -2.25. The molecule has 0 bridgehead atoms. The minimum Gasteiger partial charge on any atom is -0.444 e. The maximum atomic E-state index is 14.2. The van der Waals surface area contributed by atoms with Crippen molar-refractivity contribution in [3.8, 4) is 0 Å². The minimum absolute atomic E-state index is 0.0395. The molecule has 0 saturated carbocycles. The van der Waals surface area contributed by atoms with E-state index in [4.69, 9.17) is 4.74 Å². The Labute approximate surface area is 133 Å². The van der Waals surface area contributed by atoms with Crippen molar-refractivity contribution in [1.82, 2.24) is 24.7 Å². The summed E-state index contributed by atoms with van der Waals surface area (Å²) in [5, 5.41) is 8.16. The molecule has 124 valence electrons. The Morgan fingerprint density at radius 3 is 2.70 bits per heavy atom. The second kappa shape index (κ2) is 5.75. The van der Waals surface area contributed by atoms with Crippen LogP contribution in [0.2, 0.25) is 0 Å². The number of amides is 1. The molecule has 8 heteroatoms. The van der Waals surface area contributed by atoms with E-state index in [1.54, 1.807) is 4.90 Å². The number of fused-ring (bicyclic) bond motifs is 1. The van der Waals surface area contributed by atoms with E-state index in [0.29, 0.717) is 37.3 Å². The van der Waals surface area contributed by atoms with E-state index < -0.39 is 5.60 Å². The summed E-state index contributed by atoms with van der Waals surface area (Å²) in [6, 6.07) is 1.34. The fourth-order valence-electron chi connectivity index (χ4n) is 2.69. The van der Waals surface area contributed by atoms with Gasteiger partial charge in [-0.2, -0.15) is 5.10 Å². The van der Waals surface area contributed by atoms with Crippen LogP contribution in [0.3, 0.4) is 0 Å². The van der Waals surface area contributed by atoms with E-state index in [1.165, 1.54) is 17.0 Å². The van der Waals surface area contributed by atoms with E-state index in [9.17, 15) is 9.18 Å². The van der Waals surface area contributed by atoms with Crippen LogP contribution in [-0.4, -0.2) is 49.5 Å². The Bertz CT molecular complexity index is 716. The summed E-state index contributed by atoms with van der Waals surface area (Å²) in [6.07, 6.45) is 2.31. The lowest BCUT2D eigenvalue weighted by molar-refractivity contribution is 0.0203. The second-order valence-corrected chi connectivity index (χ2v) is 6.73. The molecule has 0 radical (unpaired) electrons. The summed E-state index contributed by atoms with van der Waals surface area (Å²) in [6.45, 7) is 6.56. The fraction of sp³-hybridized carbons (Fsp3) is 0.600. The van der Waals surface area contributed by atoms with Gasteiger partial charge in [0, 0.05) is 25.1 Å². The van der Waals surface area contributed by atoms with E-state index >= 15 is 0 Å². The van der Waals surface area contributed by atoms with Gasteiger partial charge >= 0.3 is 6.09 Å². The molecule has 7 nitrogen and oxygen atoms in total. The molecular formula is C15H20FN5O2. The third-order valence-electron chi connectivity index (χ3n) is 3.79. The summed E-state index contributed by atoms with van der Waals surface area (Å²) in [5.74, 6) is -0.413. The molecule has 1 aliphatic rings. The van der Waals surface area contributed by atoms with Gasteiger partial charge in [0.05, 0.1) is 0 Å². The predicted molar refractivity (Wildman–Crippen MR) is 80.5 cm³/mol. The number of hydrogen-bond acceptors (Lipinski definition) is 5. The molecule has 2 aromatic heterocycles. The molecule has 3 heterocycles. The van der Waals surface area contributed by atoms with Gasteiger partial charge in [-0.25, -0.2) is 14.2 Å². The number of ether oxygens (including phenoxy) is 1. The SMILES string of the molecule is CC(C)(C)OC(=O)N1CCC(c2nn3ncnc3cc2F)CC1. The van der Waals surface area contributed by atoms with Gasteiger partial charge < -0.3 is 9.64 Å². The van der Waals surface area contributed by atoms with E-state index in [2.05, 4.69) is 15.2 Å². The zero-order valence-corrected chi connectivity index (χ0v) is 13.5. The first-order valence-electron chi connectivity index (χ1n) is 7.68. The number of halogens is 1. The molecule has 1 amide bonds. The molecule has 0 aliphatic carbocycles. The summed E-state index contributed by atoms with van der Waals surface area (Å²) < 4.78 is 20.9. The Morgan fingerprint density at radius 2 is 2.04 bits per heavy atom. The lowest BCUT2D eigenvalue weighted by Crippen LogP contribution is -2.41. The second-order valence-electron chi connectivity index (χ2n) is 6.73. The first-order chi connectivity index (χ1) is 10.8. The predicted octanol–water partition coefficient (Wildman–Crippen LogP) is 2.38. The first kappa shape index (κ1) is 15.6. The quantitative estimate of drug-likeness (QED) is 0.806. The van der Waals surface area contributed by atoms with E-state index in [0.717, 1.165) is 0 Å². The van der Waals surface area contributed by atoms with Gasteiger partial charge in [-0.1, -0.05) is 0 Å². The lowest BCUT2D eigenvalue weighted by Gasteiger charge is -2.33. The van der Waals surface area contributed by atoms with Gasteiger partial charge in [0.2, 0.25) is 0 Å². The average Bonchev–Trinajstić information content (AvgIpc) is 2.92. The molecule has 1 saturated heterocycles. The van der Waals surface area contributed by atoms with Gasteiger partial charge in [-0.3, -0.25) is 0 Å².